The van der Waals surface area contributed by atoms with Gasteiger partial charge in [-0.05, 0) is 69.1 Å². The molecule has 0 bridgehead atoms. The summed E-state index contributed by atoms with van der Waals surface area (Å²) in [5.74, 6) is 1.21. The number of Topliss-reactive ketones (excluding diaryl/α,β-unsaturated/α-hetero) is 1. The summed E-state index contributed by atoms with van der Waals surface area (Å²) in [6, 6.07) is 0. The molecule has 2 aliphatic heterocycles. The van der Waals surface area contributed by atoms with Crippen LogP contribution >= 0.6 is 0 Å². The van der Waals surface area contributed by atoms with Crippen LogP contribution in [0.5, 0.6) is 0 Å². The molecule has 0 aliphatic carbocycles. The number of ether oxygens (including phenoxy) is 2. The summed E-state index contributed by atoms with van der Waals surface area (Å²) in [6.45, 7) is 16.3. The Hall–Kier alpha value is -0.710. The number of carbonyl (C=O) groups excluding carboxylic acids is 1. The largest absolute Gasteiger partial charge is 0.392 e. The Morgan fingerprint density at radius 1 is 1.10 bits per heavy atom. The maximum atomic E-state index is 11.6. The predicted octanol–water partition coefficient (Wildman–Crippen LogP) is 5.92. The Morgan fingerprint density at radius 3 is 2.33 bits per heavy atom. The Morgan fingerprint density at radius 2 is 1.73 bits per heavy atom. The highest BCUT2D eigenvalue weighted by Gasteiger charge is 2.47. The van der Waals surface area contributed by atoms with E-state index in [1.54, 1.807) is 6.92 Å². The molecule has 0 aromatic rings. The fraction of sp³-hybridized carbons (Fsp3) is 0.885. The van der Waals surface area contributed by atoms with E-state index < -0.39 is 11.9 Å². The first-order valence-corrected chi connectivity index (χ1v) is 12.2. The van der Waals surface area contributed by atoms with Crippen molar-refractivity contribution in [3.63, 3.8) is 0 Å². The van der Waals surface area contributed by atoms with E-state index in [9.17, 15) is 9.90 Å². The molecule has 1 N–H and O–H groups in total. The topological polar surface area (TPSA) is 55.8 Å². The van der Waals surface area contributed by atoms with Gasteiger partial charge in [0.2, 0.25) is 0 Å². The molecule has 2 saturated heterocycles. The highest BCUT2D eigenvalue weighted by atomic mass is 16.7. The van der Waals surface area contributed by atoms with Gasteiger partial charge in [-0.15, -0.1) is 6.58 Å². The minimum atomic E-state index is -0.569. The minimum absolute atomic E-state index is 0.0536. The molecule has 0 saturated carbocycles. The van der Waals surface area contributed by atoms with E-state index in [2.05, 4.69) is 34.3 Å². The molecule has 0 amide bonds. The quantitative estimate of drug-likeness (QED) is 0.444. The predicted molar refractivity (Wildman–Crippen MR) is 122 cm³/mol. The molecule has 30 heavy (non-hydrogen) atoms. The van der Waals surface area contributed by atoms with E-state index in [1.807, 2.05) is 13.0 Å². The SMILES string of the molecule is C=C[C@@H](C)CC[C@@H]1O[C@@]2(CC[C@H]1C)CC[C@H](C)[C@H]([C@H](C)CC[C@H](O)[C@H](C)C(C)=O)O2. The summed E-state index contributed by atoms with van der Waals surface area (Å²) in [7, 11) is 0. The van der Waals surface area contributed by atoms with Crippen molar-refractivity contribution in [1.82, 2.24) is 0 Å². The normalized spacial score (nSPS) is 36.1. The summed E-state index contributed by atoms with van der Waals surface area (Å²) in [5.41, 5.74) is 0. The van der Waals surface area contributed by atoms with Gasteiger partial charge in [-0.25, -0.2) is 0 Å². The van der Waals surface area contributed by atoms with Gasteiger partial charge in [0, 0.05) is 18.8 Å². The Bertz CT molecular complexity index is 557. The molecule has 9 atom stereocenters. The number of rotatable bonds is 10. The molecule has 2 heterocycles. The second-order valence-electron chi connectivity index (χ2n) is 10.5. The lowest BCUT2D eigenvalue weighted by Crippen LogP contribution is -2.53. The van der Waals surface area contributed by atoms with Crippen LogP contribution in [-0.2, 0) is 14.3 Å². The van der Waals surface area contributed by atoms with E-state index >= 15 is 0 Å². The van der Waals surface area contributed by atoms with Gasteiger partial charge in [0.25, 0.3) is 0 Å². The molecule has 0 aromatic heterocycles. The number of ketones is 1. The molecule has 1 spiro atoms. The minimum Gasteiger partial charge on any atom is -0.392 e. The van der Waals surface area contributed by atoms with Gasteiger partial charge in [0.05, 0.1) is 18.3 Å². The molecule has 4 nitrogen and oxygen atoms in total. The number of carbonyl (C=O) groups is 1. The summed E-state index contributed by atoms with van der Waals surface area (Å²) in [4.78, 5) is 11.6. The second-order valence-corrected chi connectivity index (χ2v) is 10.5. The van der Waals surface area contributed by atoms with Gasteiger partial charge in [-0.2, -0.15) is 0 Å². The zero-order chi connectivity index (χ0) is 22.5. The lowest BCUT2D eigenvalue weighted by molar-refractivity contribution is -0.338. The standard InChI is InChI=1S/C26H46O4/c1-8-17(2)9-12-24-18(3)13-15-26(29-24)16-14-20(5)25(30-26)19(4)10-11-23(28)21(6)22(7)27/h8,17-21,23-25,28H,1,9-16H2,2-7H3/t17-,18-,19-,20+,21-,23+,24+,25+,26-/m1/s1. The van der Waals surface area contributed by atoms with Gasteiger partial charge in [0.15, 0.2) is 5.79 Å². The molecule has 174 valence electrons. The van der Waals surface area contributed by atoms with Crippen molar-refractivity contribution in [2.75, 3.05) is 0 Å². The molecule has 0 aromatic carbocycles. The molecule has 0 radical (unpaired) electrons. The van der Waals surface area contributed by atoms with E-state index in [4.69, 9.17) is 9.47 Å². The van der Waals surface area contributed by atoms with Gasteiger partial charge in [-0.1, -0.05) is 40.7 Å². The van der Waals surface area contributed by atoms with Crippen molar-refractivity contribution in [1.29, 1.82) is 0 Å². The molecule has 2 aliphatic rings. The number of aliphatic hydroxyl groups excluding tert-OH is 1. The van der Waals surface area contributed by atoms with Crippen molar-refractivity contribution in [2.24, 2.45) is 29.6 Å². The van der Waals surface area contributed by atoms with Crippen LogP contribution in [0.2, 0.25) is 0 Å². The fourth-order valence-corrected chi connectivity index (χ4v) is 5.07. The highest BCUT2D eigenvalue weighted by Crippen LogP contribution is 2.45. The van der Waals surface area contributed by atoms with Crippen molar-refractivity contribution in [2.45, 2.75) is 117 Å². The van der Waals surface area contributed by atoms with Crippen molar-refractivity contribution in [3.05, 3.63) is 12.7 Å². The molecule has 2 rings (SSSR count). The van der Waals surface area contributed by atoms with Crippen molar-refractivity contribution in [3.8, 4) is 0 Å². The Labute approximate surface area is 184 Å². The van der Waals surface area contributed by atoms with Crippen LogP contribution < -0.4 is 0 Å². The molecule has 2 fully saturated rings. The number of hydrogen-bond donors (Lipinski definition) is 1. The van der Waals surface area contributed by atoms with Crippen LogP contribution in [0.15, 0.2) is 12.7 Å². The smallest absolute Gasteiger partial charge is 0.169 e. The fourth-order valence-electron chi connectivity index (χ4n) is 5.07. The first kappa shape index (κ1) is 25.5. The first-order chi connectivity index (χ1) is 14.1. The summed E-state index contributed by atoms with van der Waals surface area (Å²) < 4.78 is 13.4. The average molecular weight is 423 g/mol. The molecule has 0 unspecified atom stereocenters. The zero-order valence-corrected chi connectivity index (χ0v) is 20.2. The van der Waals surface area contributed by atoms with E-state index in [1.165, 1.54) is 0 Å². The van der Waals surface area contributed by atoms with Crippen molar-refractivity contribution >= 4 is 5.78 Å². The lowest BCUT2D eigenvalue weighted by atomic mass is 9.79. The third-order valence-corrected chi connectivity index (χ3v) is 7.88. The van der Waals surface area contributed by atoms with E-state index in [0.29, 0.717) is 30.1 Å². The van der Waals surface area contributed by atoms with Gasteiger partial charge in [-0.3, -0.25) is 4.79 Å². The third-order valence-electron chi connectivity index (χ3n) is 7.88. The summed E-state index contributed by atoms with van der Waals surface area (Å²) in [6.07, 6.45) is 9.74. The van der Waals surface area contributed by atoms with Crippen LogP contribution in [0.25, 0.3) is 0 Å². The average Bonchev–Trinajstić information content (AvgIpc) is 2.73. The van der Waals surface area contributed by atoms with Crippen LogP contribution in [0.1, 0.15) is 92.9 Å². The van der Waals surface area contributed by atoms with E-state index in [-0.39, 0.29) is 23.9 Å². The summed E-state index contributed by atoms with van der Waals surface area (Å²) >= 11 is 0. The Balaban J connectivity index is 1.97. The highest BCUT2D eigenvalue weighted by molar-refractivity contribution is 5.78. The third kappa shape index (κ3) is 6.64. The number of allylic oxidation sites excluding steroid dienone is 1. The van der Waals surface area contributed by atoms with Crippen molar-refractivity contribution < 1.29 is 19.4 Å². The number of hydrogen-bond acceptors (Lipinski definition) is 4. The molecular formula is C26H46O4. The van der Waals surface area contributed by atoms with Gasteiger partial charge >= 0.3 is 0 Å². The lowest BCUT2D eigenvalue weighted by Gasteiger charge is -2.51. The van der Waals surface area contributed by atoms with Gasteiger partial charge in [0.1, 0.15) is 5.78 Å². The monoisotopic (exact) mass is 422 g/mol. The maximum absolute atomic E-state index is 11.6. The van der Waals surface area contributed by atoms with Crippen LogP contribution in [0.4, 0.5) is 0 Å². The van der Waals surface area contributed by atoms with Crippen LogP contribution in [-0.4, -0.2) is 35.0 Å². The first-order valence-electron chi connectivity index (χ1n) is 12.2. The summed E-state index contributed by atoms with van der Waals surface area (Å²) in [5, 5.41) is 10.3. The molecule has 4 heteroatoms. The zero-order valence-electron chi connectivity index (χ0n) is 20.2. The van der Waals surface area contributed by atoms with E-state index in [0.717, 1.165) is 44.9 Å². The number of aliphatic hydroxyl groups is 1. The van der Waals surface area contributed by atoms with Crippen LogP contribution in [0, 0.1) is 29.6 Å². The van der Waals surface area contributed by atoms with Crippen LogP contribution in [0.3, 0.4) is 0 Å². The maximum Gasteiger partial charge on any atom is 0.169 e. The molecular weight excluding hydrogens is 376 g/mol. The second kappa shape index (κ2) is 11.2. The van der Waals surface area contributed by atoms with Gasteiger partial charge < -0.3 is 14.6 Å². The Kier molecular flexibility index (Phi) is 9.57.